The normalized spacial score (nSPS) is 12.0. The number of hydrogen-bond acceptors (Lipinski definition) is 2. The summed E-state index contributed by atoms with van der Waals surface area (Å²) in [5.74, 6) is 0. The Morgan fingerprint density at radius 2 is 2.00 bits per heavy atom. The third-order valence-electron chi connectivity index (χ3n) is 1.85. The zero-order valence-electron chi connectivity index (χ0n) is 8.11. The maximum atomic E-state index is 5.49. The molecular weight excluding hydrogens is 136 g/mol. The van der Waals surface area contributed by atoms with Crippen molar-refractivity contribution in [1.82, 2.24) is 5.32 Å². The fourth-order valence-electron chi connectivity index (χ4n) is 1.08. The zero-order chi connectivity index (χ0) is 8.74. The van der Waals surface area contributed by atoms with E-state index in [2.05, 4.69) is 26.1 Å². The molecule has 0 amide bonds. The molecular formula is C9H22N2. The Labute approximate surface area is 70.5 Å². The number of nitrogens with two attached hydrogens (primary N) is 1. The largest absolute Gasteiger partial charge is 0.330 e. The second kappa shape index (κ2) is 5.56. The van der Waals surface area contributed by atoms with Gasteiger partial charge >= 0.3 is 0 Å². The van der Waals surface area contributed by atoms with E-state index in [1.807, 2.05) is 0 Å². The van der Waals surface area contributed by atoms with Crippen molar-refractivity contribution in [3.8, 4) is 0 Å². The van der Waals surface area contributed by atoms with Crippen molar-refractivity contribution in [3.63, 3.8) is 0 Å². The van der Waals surface area contributed by atoms with Crippen LogP contribution < -0.4 is 11.1 Å². The van der Waals surface area contributed by atoms with Crippen molar-refractivity contribution in [3.05, 3.63) is 0 Å². The fraction of sp³-hybridized carbons (Fsp3) is 1.00. The molecule has 0 aromatic rings. The Balaban J connectivity index is 3.38. The van der Waals surface area contributed by atoms with Gasteiger partial charge in [0.1, 0.15) is 0 Å². The van der Waals surface area contributed by atoms with Crippen molar-refractivity contribution >= 4 is 0 Å². The minimum absolute atomic E-state index is 0.365. The number of rotatable bonds is 6. The molecule has 0 fully saturated rings. The molecule has 0 bridgehead atoms. The SMILES string of the molecule is CCCNCC(C)(C)CCN. The molecule has 3 N–H and O–H groups in total. The summed E-state index contributed by atoms with van der Waals surface area (Å²) in [5.41, 5.74) is 5.86. The summed E-state index contributed by atoms with van der Waals surface area (Å²) in [5, 5.41) is 3.40. The highest BCUT2D eigenvalue weighted by molar-refractivity contribution is 4.71. The van der Waals surface area contributed by atoms with Crippen LogP contribution in [0.3, 0.4) is 0 Å². The number of hydrogen-bond donors (Lipinski definition) is 2. The van der Waals surface area contributed by atoms with Gasteiger partial charge in [0.2, 0.25) is 0 Å². The van der Waals surface area contributed by atoms with Crippen molar-refractivity contribution in [2.24, 2.45) is 11.1 Å². The summed E-state index contributed by atoms with van der Waals surface area (Å²) >= 11 is 0. The molecule has 2 heteroatoms. The maximum Gasteiger partial charge on any atom is 0.000299 e. The molecule has 0 unspecified atom stereocenters. The minimum Gasteiger partial charge on any atom is -0.330 e. The van der Waals surface area contributed by atoms with Gasteiger partial charge in [-0.15, -0.1) is 0 Å². The molecule has 0 spiro atoms. The molecule has 0 aromatic heterocycles. The molecule has 0 aliphatic carbocycles. The van der Waals surface area contributed by atoms with Gasteiger partial charge < -0.3 is 11.1 Å². The summed E-state index contributed by atoms with van der Waals surface area (Å²) in [4.78, 5) is 0. The molecule has 0 atom stereocenters. The van der Waals surface area contributed by atoms with E-state index < -0.39 is 0 Å². The Bertz CT molecular complexity index is 89.6. The maximum absolute atomic E-state index is 5.49. The van der Waals surface area contributed by atoms with Crippen LogP contribution in [0.15, 0.2) is 0 Å². The van der Waals surface area contributed by atoms with E-state index in [4.69, 9.17) is 5.73 Å². The van der Waals surface area contributed by atoms with Gasteiger partial charge in [0.25, 0.3) is 0 Å². The van der Waals surface area contributed by atoms with Crippen LogP contribution >= 0.6 is 0 Å². The molecule has 0 saturated heterocycles. The smallest absolute Gasteiger partial charge is 0.000299 e. The van der Waals surface area contributed by atoms with E-state index in [1.54, 1.807) is 0 Å². The van der Waals surface area contributed by atoms with Gasteiger partial charge in [0, 0.05) is 6.54 Å². The summed E-state index contributed by atoms with van der Waals surface area (Å²) in [6.07, 6.45) is 2.31. The summed E-state index contributed by atoms with van der Waals surface area (Å²) < 4.78 is 0. The van der Waals surface area contributed by atoms with E-state index in [0.29, 0.717) is 5.41 Å². The lowest BCUT2D eigenvalue weighted by molar-refractivity contribution is 0.320. The Morgan fingerprint density at radius 1 is 1.36 bits per heavy atom. The highest BCUT2D eigenvalue weighted by Gasteiger charge is 2.15. The Hall–Kier alpha value is -0.0800. The molecule has 0 radical (unpaired) electrons. The first-order valence-corrected chi connectivity index (χ1v) is 4.53. The van der Waals surface area contributed by atoms with Gasteiger partial charge in [-0.3, -0.25) is 0 Å². The molecule has 0 aromatic carbocycles. The average Bonchev–Trinajstić information content (AvgIpc) is 1.87. The summed E-state index contributed by atoms with van der Waals surface area (Å²) in [6, 6.07) is 0. The van der Waals surface area contributed by atoms with Gasteiger partial charge in [-0.25, -0.2) is 0 Å². The van der Waals surface area contributed by atoms with Crippen LogP contribution in [-0.2, 0) is 0 Å². The van der Waals surface area contributed by atoms with Crippen molar-refractivity contribution in [2.75, 3.05) is 19.6 Å². The molecule has 0 saturated carbocycles. The molecule has 0 aliphatic rings. The van der Waals surface area contributed by atoms with Gasteiger partial charge in [0.05, 0.1) is 0 Å². The predicted molar refractivity (Wildman–Crippen MR) is 50.6 cm³/mol. The lowest BCUT2D eigenvalue weighted by Gasteiger charge is -2.24. The van der Waals surface area contributed by atoms with Crippen LogP contribution in [0.1, 0.15) is 33.6 Å². The number of nitrogens with one attached hydrogen (secondary N) is 1. The third kappa shape index (κ3) is 6.32. The topological polar surface area (TPSA) is 38.0 Å². The van der Waals surface area contributed by atoms with Gasteiger partial charge in [0.15, 0.2) is 0 Å². The van der Waals surface area contributed by atoms with E-state index in [0.717, 1.165) is 26.1 Å². The van der Waals surface area contributed by atoms with Crippen molar-refractivity contribution in [1.29, 1.82) is 0 Å². The lowest BCUT2D eigenvalue weighted by atomic mass is 9.89. The van der Waals surface area contributed by atoms with Gasteiger partial charge in [-0.1, -0.05) is 20.8 Å². The fourth-order valence-corrected chi connectivity index (χ4v) is 1.08. The first kappa shape index (κ1) is 10.9. The van der Waals surface area contributed by atoms with E-state index in [-0.39, 0.29) is 0 Å². The molecule has 68 valence electrons. The molecule has 0 aliphatic heterocycles. The van der Waals surface area contributed by atoms with Crippen molar-refractivity contribution < 1.29 is 0 Å². The van der Waals surface area contributed by atoms with E-state index >= 15 is 0 Å². The van der Waals surface area contributed by atoms with Gasteiger partial charge in [-0.05, 0) is 31.3 Å². The third-order valence-corrected chi connectivity index (χ3v) is 1.85. The second-order valence-corrected chi connectivity index (χ2v) is 3.88. The second-order valence-electron chi connectivity index (χ2n) is 3.88. The predicted octanol–water partition coefficient (Wildman–Crippen LogP) is 1.36. The van der Waals surface area contributed by atoms with Crippen LogP contribution in [0.5, 0.6) is 0 Å². The highest BCUT2D eigenvalue weighted by atomic mass is 14.9. The highest BCUT2D eigenvalue weighted by Crippen LogP contribution is 2.17. The minimum atomic E-state index is 0.365. The average molecular weight is 158 g/mol. The Kier molecular flexibility index (Phi) is 5.51. The van der Waals surface area contributed by atoms with Crippen molar-refractivity contribution in [2.45, 2.75) is 33.6 Å². The standard InChI is InChI=1S/C9H22N2/c1-4-7-11-8-9(2,3)5-6-10/h11H,4-8,10H2,1-3H3. The monoisotopic (exact) mass is 158 g/mol. The molecule has 2 nitrogen and oxygen atoms in total. The van der Waals surface area contributed by atoms with Crippen LogP contribution in [0.2, 0.25) is 0 Å². The quantitative estimate of drug-likeness (QED) is 0.573. The van der Waals surface area contributed by atoms with Gasteiger partial charge in [-0.2, -0.15) is 0 Å². The molecule has 11 heavy (non-hydrogen) atoms. The lowest BCUT2D eigenvalue weighted by Crippen LogP contribution is -2.31. The van der Waals surface area contributed by atoms with Crippen LogP contribution in [0.4, 0.5) is 0 Å². The Morgan fingerprint density at radius 3 is 2.45 bits per heavy atom. The van der Waals surface area contributed by atoms with E-state index in [1.165, 1.54) is 6.42 Å². The zero-order valence-corrected chi connectivity index (χ0v) is 8.11. The molecule has 0 heterocycles. The first-order valence-electron chi connectivity index (χ1n) is 4.53. The van der Waals surface area contributed by atoms with E-state index in [9.17, 15) is 0 Å². The van der Waals surface area contributed by atoms with Crippen LogP contribution in [0.25, 0.3) is 0 Å². The summed E-state index contributed by atoms with van der Waals surface area (Å²) in [7, 11) is 0. The van der Waals surface area contributed by atoms with Crippen LogP contribution in [-0.4, -0.2) is 19.6 Å². The molecule has 0 rings (SSSR count). The summed E-state index contributed by atoms with van der Waals surface area (Å²) in [6.45, 7) is 9.68. The first-order chi connectivity index (χ1) is 5.12. The van der Waals surface area contributed by atoms with Crippen LogP contribution in [0, 0.1) is 5.41 Å².